The number of nitrogens with zero attached hydrogens (tertiary/aromatic N) is 1. The van der Waals surface area contributed by atoms with E-state index in [0.29, 0.717) is 12.4 Å². The van der Waals surface area contributed by atoms with Crippen LogP contribution in [0.15, 0.2) is 18.2 Å². The van der Waals surface area contributed by atoms with Gasteiger partial charge in [-0.25, -0.2) is 4.39 Å². The molecule has 1 aromatic carbocycles. The molecule has 4 heteroatoms. The third-order valence-electron chi connectivity index (χ3n) is 2.02. The Labute approximate surface area is 89.8 Å². The van der Waals surface area contributed by atoms with Crippen LogP contribution < -0.4 is 10.1 Å². The first kappa shape index (κ1) is 11.8. The first-order valence-corrected chi connectivity index (χ1v) is 4.88. The SMILES string of the molecule is CNc1ccc(OCCN(C)C)c(F)c1. The number of ether oxygens (including phenoxy) is 1. The van der Waals surface area contributed by atoms with Gasteiger partial charge >= 0.3 is 0 Å². The average Bonchev–Trinajstić information content (AvgIpc) is 2.20. The van der Waals surface area contributed by atoms with Crippen LogP contribution in [0, 0.1) is 5.82 Å². The van der Waals surface area contributed by atoms with Crippen LogP contribution in [0.25, 0.3) is 0 Å². The molecule has 0 spiro atoms. The maximum Gasteiger partial charge on any atom is 0.167 e. The van der Waals surface area contributed by atoms with Gasteiger partial charge in [-0.2, -0.15) is 0 Å². The monoisotopic (exact) mass is 212 g/mol. The van der Waals surface area contributed by atoms with Crippen molar-refractivity contribution in [2.24, 2.45) is 0 Å². The largest absolute Gasteiger partial charge is 0.489 e. The second kappa shape index (κ2) is 5.56. The van der Waals surface area contributed by atoms with Gasteiger partial charge in [-0.3, -0.25) is 0 Å². The lowest BCUT2D eigenvalue weighted by Gasteiger charge is -2.12. The lowest BCUT2D eigenvalue weighted by atomic mass is 10.3. The smallest absolute Gasteiger partial charge is 0.167 e. The van der Waals surface area contributed by atoms with E-state index < -0.39 is 0 Å². The second-order valence-corrected chi connectivity index (χ2v) is 3.55. The molecule has 0 aromatic heterocycles. The van der Waals surface area contributed by atoms with Crippen molar-refractivity contribution in [3.05, 3.63) is 24.0 Å². The van der Waals surface area contributed by atoms with Crippen molar-refractivity contribution in [2.75, 3.05) is 39.6 Å². The molecule has 0 saturated heterocycles. The van der Waals surface area contributed by atoms with Gasteiger partial charge in [-0.05, 0) is 26.2 Å². The fraction of sp³-hybridized carbons (Fsp3) is 0.455. The van der Waals surface area contributed by atoms with E-state index in [0.717, 1.165) is 12.2 Å². The van der Waals surface area contributed by atoms with Gasteiger partial charge < -0.3 is 15.0 Å². The standard InChI is InChI=1S/C11H17FN2O/c1-13-9-4-5-11(10(12)8-9)15-7-6-14(2)3/h4-5,8,13H,6-7H2,1-3H3. The number of anilines is 1. The van der Waals surface area contributed by atoms with Gasteiger partial charge in [0.25, 0.3) is 0 Å². The summed E-state index contributed by atoms with van der Waals surface area (Å²) in [7, 11) is 5.65. The topological polar surface area (TPSA) is 24.5 Å². The second-order valence-electron chi connectivity index (χ2n) is 3.55. The predicted octanol–water partition coefficient (Wildman–Crippen LogP) is 1.81. The Hall–Kier alpha value is -1.29. The molecule has 0 aliphatic rings. The van der Waals surface area contributed by atoms with E-state index in [4.69, 9.17) is 4.74 Å². The van der Waals surface area contributed by atoms with Crippen molar-refractivity contribution in [3.63, 3.8) is 0 Å². The van der Waals surface area contributed by atoms with Gasteiger partial charge in [0.1, 0.15) is 6.61 Å². The van der Waals surface area contributed by atoms with Gasteiger partial charge in [0.2, 0.25) is 0 Å². The number of rotatable bonds is 5. The molecule has 0 aliphatic carbocycles. The minimum atomic E-state index is -0.333. The molecule has 0 bridgehead atoms. The quantitative estimate of drug-likeness (QED) is 0.805. The van der Waals surface area contributed by atoms with Gasteiger partial charge in [0.15, 0.2) is 11.6 Å². The molecule has 3 nitrogen and oxygen atoms in total. The molecule has 84 valence electrons. The predicted molar refractivity (Wildman–Crippen MR) is 60.0 cm³/mol. The highest BCUT2D eigenvalue weighted by atomic mass is 19.1. The van der Waals surface area contributed by atoms with Gasteiger partial charge in [-0.1, -0.05) is 0 Å². The lowest BCUT2D eigenvalue weighted by molar-refractivity contribution is 0.252. The van der Waals surface area contributed by atoms with Crippen LogP contribution in [0.4, 0.5) is 10.1 Å². The van der Waals surface area contributed by atoms with Crippen molar-refractivity contribution < 1.29 is 9.13 Å². The maximum absolute atomic E-state index is 13.4. The number of halogens is 1. The molecule has 0 heterocycles. The van der Waals surface area contributed by atoms with Crippen LogP contribution in [0.2, 0.25) is 0 Å². The number of benzene rings is 1. The Balaban J connectivity index is 2.54. The van der Waals surface area contributed by atoms with Crippen LogP contribution in [-0.4, -0.2) is 39.2 Å². The van der Waals surface area contributed by atoms with Crippen LogP contribution in [-0.2, 0) is 0 Å². The fourth-order valence-electron chi connectivity index (χ4n) is 1.11. The molecule has 0 fully saturated rings. The summed E-state index contributed by atoms with van der Waals surface area (Å²) in [5, 5.41) is 2.87. The number of hydrogen-bond acceptors (Lipinski definition) is 3. The zero-order valence-electron chi connectivity index (χ0n) is 9.38. The molecule has 1 aromatic rings. The highest BCUT2D eigenvalue weighted by Gasteiger charge is 2.03. The van der Waals surface area contributed by atoms with Gasteiger partial charge in [-0.15, -0.1) is 0 Å². The van der Waals surface area contributed by atoms with E-state index in [1.807, 2.05) is 19.0 Å². The Morgan fingerprint density at radius 1 is 1.40 bits per heavy atom. The normalized spacial score (nSPS) is 10.5. The summed E-state index contributed by atoms with van der Waals surface area (Å²) >= 11 is 0. The number of nitrogens with one attached hydrogen (secondary N) is 1. The Morgan fingerprint density at radius 2 is 2.13 bits per heavy atom. The molecular weight excluding hydrogens is 195 g/mol. The minimum Gasteiger partial charge on any atom is -0.489 e. The van der Waals surface area contributed by atoms with Crippen LogP contribution in [0.3, 0.4) is 0 Å². The molecule has 1 N–H and O–H groups in total. The molecular formula is C11H17FN2O. The van der Waals surface area contributed by atoms with E-state index in [-0.39, 0.29) is 5.82 Å². The molecule has 15 heavy (non-hydrogen) atoms. The van der Waals surface area contributed by atoms with E-state index in [1.165, 1.54) is 6.07 Å². The summed E-state index contributed by atoms with van der Waals surface area (Å²) in [5.74, 6) is -0.0311. The van der Waals surface area contributed by atoms with Crippen molar-refractivity contribution >= 4 is 5.69 Å². The van der Waals surface area contributed by atoms with E-state index >= 15 is 0 Å². The molecule has 0 radical (unpaired) electrons. The highest BCUT2D eigenvalue weighted by Crippen LogP contribution is 2.20. The summed E-state index contributed by atoms with van der Waals surface area (Å²) in [6.07, 6.45) is 0. The van der Waals surface area contributed by atoms with Crippen LogP contribution >= 0.6 is 0 Å². The van der Waals surface area contributed by atoms with E-state index in [9.17, 15) is 4.39 Å². The first-order valence-electron chi connectivity index (χ1n) is 4.88. The molecule has 0 aliphatic heterocycles. The van der Waals surface area contributed by atoms with Crippen molar-refractivity contribution in [1.29, 1.82) is 0 Å². The summed E-state index contributed by atoms with van der Waals surface area (Å²) in [6.45, 7) is 1.26. The van der Waals surface area contributed by atoms with Crippen molar-refractivity contribution in [3.8, 4) is 5.75 Å². The molecule has 0 atom stereocenters. The highest BCUT2D eigenvalue weighted by molar-refractivity contribution is 5.46. The zero-order chi connectivity index (χ0) is 11.3. The number of hydrogen-bond donors (Lipinski definition) is 1. The summed E-state index contributed by atoms with van der Waals surface area (Å²) < 4.78 is 18.7. The molecule has 1 rings (SSSR count). The summed E-state index contributed by atoms with van der Waals surface area (Å²) in [5.41, 5.74) is 0.743. The van der Waals surface area contributed by atoms with E-state index in [1.54, 1.807) is 19.2 Å². The zero-order valence-corrected chi connectivity index (χ0v) is 9.38. The molecule has 0 unspecified atom stereocenters. The summed E-state index contributed by atoms with van der Waals surface area (Å²) in [6, 6.07) is 4.84. The molecule has 0 amide bonds. The van der Waals surface area contributed by atoms with Crippen molar-refractivity contribution in [2.45, 2.75) is 0 Å². The van der Waals surface area contributed by atoms with E-state index in [2.05, 4.69) is 5.32 Å². The fourth-order valence-corrected chi connectivity index (χ4v) is 1.11. The summed E-state index contributed by atoms with van der Waals surface area (Å²) in [4.78, 5) is 1.99. The first-order chi connectivity index (χ1) is 7.13. The van der Waals surface area contributed by atoms with Gasteiger partial charge in [0.05, 0.1) is 0 Å². The third kappa shape index (κ3) is 3.75. The van der Waals surface area contributed by atoms with Crippen LogP contribution in [0.5, 0.6) is 5.75 Å². The van der Waals surface area contributed by atoms with Gasteiger partial charge in [0, 0.05) is 25.3 Å². The Kier molecular flexibility index (Phi) is 4.37. The average molecular weight is 212 g/mol. The number of likely N-dealkylation sites (N-methyl/N-ethyl adjacent to an activating group) is 1. The lowest BCUT2D eigenvalue weighted by Crippen LogP contribution is -2.19. The van der Waals surface area contributed by atoms with Crippen LogP contribution in [0.1, 0.15) is 0 Å². The Bertz CT molecular complexity index is 315. The Morgan fingerprint density at radius 3 is 2.67 bits per heavy atom. The minimum absolute atomic E-state index is 0.302. The van der Waals surface area contributed by atoms with Crippen molar-refractivity contribution in [1.82, 2.24) is 4.90 Å². The molecule has 0 saturated carbocycles. The third-order valence-corrected chi connectivity index (χ3v) is 2.02. The maximum atomic E-state index is 13.4.